The van der Waals surface area contributed by atoms with Crippen molar-refractivity contribution in [1.82, 2.24) is 10.3 Å². The number of halogens is 1. The SMILES string of the molecule is CC/C=C/c1cc(N2CCCNCC2)cnc1F. The molecule has 2 heterocycles. The number of pyridine rings is 1. The van der Waals surface area contributed by atoms with E-state index in [0.29, 0.717) is 5.56 Å². The fourth-order valence-corrected chi connectivity index (χ4v) is 2.09. The summed E-state index contributed by atoms with van der Waals surface area (Å²) in [5, 5.41) is 3.36. The van der Waals surface area contributed by atoms with Gasteiger partial charge in [-0.15, -0.1) is 0 Å². The zero-order valence-electron chi connectivity index (χ0n) is 10.8. The highest BCUT2D eigenvalue weighted by Crippen LogP contribution is 2.18. The molecule has 1 aromatic heterocycles. The first-order valence-corrected chi connectivity index (χ1v) is 6.59. The smallest absolute Gasteiger partial charge is 0.220 e. The van der Waals surface area contributed by atoms with E-state index < -0.39 is 5.95 Å². The lowest BCUT2D eigenvalue weighted by Crippen LogP contribution is -2.28. The highest BCUT2D eigenvalue weighted by atomic mass is 19.1. The predicted molar refractivity (Wildman–Crippen MR) is 73.2 cm³/mol. The van der Waals surface area contributed by atoms with Gasteiger partial charge in [-0.3, -0.25) is 0 Å². The van der Waals surface area contributed by atoms with Crippen LogP contribution in [0.4, 0.5) is 10.1 Å². The molecule has 0 unspecified atom stereocenters. The Bertz CT molecular complexity index is 410. The van der Waals surface area contributed by atoms with Gasteiger partial charge in [-0.2, -0.15) is 4.39 Å². The van der Waals surface area contributed by atoms with Gasteiger partial charge in [-0.05, 0) is 25.5 Å². The quantitative estimate of drug-likeness (QED) is 0.834. The third-order valence-electron chi connectivity index (χ3n) is 3.09. The maximum atomic E-state index is 13.5. The fourth-order valence-electron chi connectivity index (χ4n) is 2.09. The number of anilines is 1. The number of allylic oxidation sites excluding steroid dienone is 1. The Morgan fingerprint density at radius 1 is 1.44 bits per heavy atom. The molecule has 1 aromatic rings. The molecule has 18 heavy (non-hydrogen) atoms. The maximum Gasteiger partial charge on any atom is 0.220 e. The highest BCUT2D eigenvalue weighted by Gasteiger charge is 2.11. The molecule has 1 N–H and O–H groups in total. The summed E-state index contributed by atoms with van der Waals surface area (Å²) in [7, 11) is 0. The Hall–Kier alpha value is -1.42. The summed E-state index contributed by atoms with van der Waals surface area (Å²) in [4.78, 5) is 6.12. The maximum absolute atomic E-state index is 13.5. The molecule has 2 rings (SSSR count). The lowest BCUT2D eigenvalue weighted by atomic mass is 10.2. The van der Waals surface area contributed by atoms with Crippen LogP contribution in [0.1, 0.15) is 25.3 Å². The van der Waals surface area contributed by atoms with Crippen molar-refractivity contribution >= 4 is 11.8 Å². The van der Waals surface area contributed by atoms with E-state index in [1.54, 1.807) is 6.20 Å². The minimum absolute atomic E-state index is 0.392. The molecule has 1 aliphatic heterocycles. The summed E-state index contributed by atoms with van der Waals surface area (Å²) in [6.45, 7) is 6.00. The minimum atomic E-state index is -0.392. The van der Waals surface area contributed by atoms with E-state index in [0.717, 1.165) is 44.7 Å². The standard InChI is InChI=1S/C14H20FN3/c1-2-3-5-12-10-13(11-17-14(12)15)18-8-4-6-16-7-9-18/h3,5,10-11,16H,2,4,6-9H2,1H3/b5-3+. The first kappa shape index (κ1) is 13.0. The van der Waals surface area contributed by atoms with Gasteiger partial charge in [0.1, 0.15) is 0 Å². The summed E-state index contributed by atoms with van der Waals surface area (Å²) in [5.41, 5.74) is 1.59. The van der Waals surface area contributed by atoms with Gasteiger partial charge in [0.2, 0.25) is 5.95 Å². The molecule has 0 radical (unpaired) electrons. The van der Waals surface area contributed by atoms with Gasteiger partial charge in [0.15, 0.2) is 0 Å². The van der Waals surface area contributed by atoms with Crippen LogP contribution in [0.3, 0.4) is 0 Å². The van der Waals surface area contributed by atoms with Gasteiger partial charge in [0, 0.05) is 25.2 Å². The summed E-state index contributed by atoms with van der Waals surface area (Å²) in [6.07, 6.45) is 7.40. The lowest BCUT2D eigenvalue weighted by Gasteiger charge is -2.22. The van der Waals surface area contributed by atoms with Gasteiger partial charge in [-0.25, -0.2) is 4.98 Å². The van der Waals surface area contributed by atoms with E-state index in [4.69, 9.17) is 0 Å². The van der Waals surface area contributed by atoms with Crippen LogP contribution in [0.15, 0.2) is 18.3 Å². The Morgan fingerprint density at radius 3 is 3.17 bits per heavy atom. The van der Waals surface area contributed by atoms with Crippen molar-refractivity contribution in [1.29, 1.82) is 0 Å². The zero-order chi connectivity index (χ0) is 12.8. The zero-order valence-corrected chi connectivity index (χ0v) is 10.8. The van der Waals surface area contributed by atoms with Crippen LogP contribution in [-0.4, -0.2) is 31.2 Å². The molecular weight excluding hydrogens is 229 g/mol. The average Bonchev–Trinajstić information content (AvgIpc) is 2.67. The van der Waals surface area contributed by atoms with E-state index in [9.17, 15) is 4.39 Å². The van der Waals surface area contributed by atoms with Crippen molar-refractivity contribution < 1.29 is 4.39 Å². The normalized spacial score (nSPS) is 17.1. The molecule has 3 nitrogen and oxygen atoms in total. The largest absolute Gasteiger partial charge is 0.369 e. The van der Waals surface area contributed by atoms with Crippen molar-refractivity contribution in [2.75, 3.05) is 31.1 Å². The van der Waals surface area contributed by atoms with Crippen LogP contribution in [0.2, 0.25) is 0 Å². The molecule has 0 aliphatic carbocycles. The molecule has 0 spiro atoms. The lowest BCUT2D eigenvalue weighted by molar-refractivity contribution is 0.580. The molecule has 4 heteroatoms. The van der Waals surface area contributed by atoms with Gasteiger partial charge < -0.3 is 10.2 Å². The van der Waals surface area contributed by atoms with E-state index in [2.05, 4.69) is 15.2 Å². The molecule has 0 bridgehead atoms. The Labute approximate surface area is 108 Å². The Kier molecular flexibility index (Phi) is 4.70. The number of nitrogens with zero attached hydrogens (tertiary/aromatic N) is 2. The molecule has 0 amide bonds. The molecule has 0 saturated carbocycles. The second kappa shape index (κ2) is 6.50. The van der Waals surface area contributed by atoms with Gasteiger partial charge in [0.25, 0.3) is 0 Å². The van der Waals surface area contributed by atoms with E-state index in [-0.39, 0.29) is 0 Å². The molecule has 98 valence electrons. The van der Waals surface area contributed by atoms with Crippen molar-refractivity contribution in [2.45, 2.75) is 19.8 Å². The molecule has 1 aliphatic rings. The van der Waals surface area contributed by atoms with Crippen LogP contribution in [-0.2, 0) is 0 Å². The number of hydrogen-bond acceptors (Lipinski definition) is 3. The van der Waals surface area contributed by atoms with Crippen LogP contribution in [0.5, 0.6) is 0 Å². The number of nitrogens with one attached hydrogen (secondary N) is 1. The second-order valence-corrected chi connectivity index (χ2v) is 4.47. The third kappa shape index (κ3) is 3.29. The molecule has 1 fully saturated rings. The minimum Gasteiger partial charge on any atom is -0.369 e. The summed E-state index contributed by atoms with van der Waals surface area (Å²) in [6, 6.07) is 1.89. The third-order valence-corrected chi connectivity index (χ3v) is 3.09. The summed E-state index contributed by atoms with van der Waals surface area (Å²) >= 11 is 0. The predicted octanol–water partition coefficient (Wildman–Crippen LogP) is 2.44. The Morgan fingerprint density at radius 2 is 2.33 bits per heavy atom. The molecule has 0 atom stereocenters. The van der Waals surface area contributed by atoms with Crippen molar-refractivity contribution in [3.63, 3.8) is 0 Å². The fraction of sp³-hybridized carbons (Fsp3) is 0.500. The van der Waals surface area contributed by atoms with Crippen LogP contribution in [0, 0.1) is 5.95 Å². The van der Waals surface area contributed by atoms with Crippen LogP contribution >= 0.6 is 0 Å². The first-order chi connectivity index (χ1) is 8.81. The van der Waals surface area contributed by atoms with Gasteiger partial charge >= 0.3 is 0 Å². The van der Waals surface area contributed by atoms with Crippen molar-refractivity contribution in [2.24, 2.45) is 0 Å². The van der Waals surface area contributed by atoms with Crippen molar-refractivity contribution in [3.05, 3.63) is 29.9 Å². The average molecular weight is 249 g/mol. The first-order valence-electron chi connectivity index (χ1n) is 6.59. The molecule has 1 saturated heterocycles. The van der Waals surface area contributed by atoms with Crippen LogP contribution < -0.4 is 10.2 Å². The van der Waals surface area contributed by atoms with E-state index in [1.165, 1.54) is 0 Å². The van der Waals surface area contributed by atoms with Gasteiger partial charge in [-0.1, -0.05) is 19.1 Å². The summed E-state index contributed by atoms with van der Waals surface area (Å²) in [5.74, 6) is -0.392. The molecule has 0 aromatic carbocycles. The van der Waals surface area contributed by atoms with Crippen LogP contribution in [0.25, 0.3) is 6.08 Å². The van der Waals surface area contributed by atoms with E-state index >= 15 is 0 Å². The van der Waals surface area contributed by atoms with Crippen molar-refractivity contribution in [3.8, 4) is 0 Å². The second-order valence-electron chi connectivity index (χ2n) is 4.47. The Balaban J connectivity index is 2.19. The number of rotatable bonds is 3. The molecular formula is C14H20FN3. The highest BCUT2D eigenvalue weighted by molar-refractivity contribution is 5.57. The number of aromatic nitrogens is 1. The topological polar surface area (TPSA) is 28.2 Å². The summed E-state index contributed by atoms with van der Waals surface area (Å²) < 4.78 is 13.5. The van der Waals surface area contributed by atoms with E-state index in [1.807, 2.05) is 25.1 Å². The van der Waals surface area contributed by atoms with Gasteiger partial charge in [0.05, 0.1) is 11.9 Å². The number of hydrogen-bond donors (Lipinski definition) is 1. The monoisotopic (exact) mass is 249 g/mol.